The predicted molar refractivity (Wildman–Crippen MR) is 133 cm³/mol. The molecule has 0 spiro atoms. The van der Waals surface area contributed by atoms with Crippen molar-refractivity contribution in [3.05, 3.63) is 46.9 Å². The highest BCUT2D eigenvalue weighted by Gasteiger charge is 2.65. The molecule has 3 saturated carbocycles. The molecule has 4 aliphatic rings. The Labute approximate surface area is 203 Å². The van der Waals surface area contributed by atoms with E-state index in [1.54, 1.807) is 18.7 Å². The van der Waals surface area contributed by atoms with Crippen LogP contribution in [0.1, 0.15) is 78.2 Å². The van der Waals surface area contributed by atoms with E-state index in [0.717, 1.165) is 55.6 Å². The van der Waals surface area contributed by atoms with Gasteiger partial charge in [-0.15, -0.1) is 11.8 Å². The zero-order valence-corrected chi connectivity index (χ0v) is 21.4. The Hall–Kier alpha value is -1.55. The minimum Gasteiger partial charge on any atom is -0.462 e. The highest BCUT2D eigenvalue weighted by molar-refractivity contribution is 8.03. The van der Waals surface area contributed by atoms with E-state index in [9.17, 15) is 9.59 Å². The van der Waals surface area contributed by atoms with Crippen LogP contribution in [0, 0.1) is 34.0 Å². The molecule has 0 bridgehead atoms. The van der Waals surface area contributed by atoms with Gasteiger partial charge in [0.2, 0.25) is 0 Å². The average Bonchev–Trinajstić information content (AvgIpc) is 3.11. The van der Waals surface area contributed by atoms with Crippen molar-refractivity contribution in [1.82, 2.24) is 0 Å². The van der Waals surface area contributed by atoms with Gasteiger partial charge in [0.1, 0.15) is 6.10 Å². The molecule has 3 fully saturated rings. The first-order chi connectivity index (χ1) is 15.7. The Kier molecular flexibility index (Phi) is 5.83. The van der Waals surface area contributed by atoms with Crippen LogP contribution in [-0.2, 0) is 20.1 Å². The van der Waals surface area contributed by atoms with Crippen LogP contribution < -0.4 is 0 Å². The zero-order chi connectivity index (χ0) is 23.4. The van der Waals surface area contributed by atoms with Gasteiger partial charge in [0.05, 0.1) is 0 Å². The van der Waals surface area contributed by atoms with Crippen LogP contribution >= 0.6 is 11.8 Å². The van der Waals surface area contributed by atoms with Gasteiger partial charge < -0.3 is 4.74 Å². The van der Waals surface area contributed by atoms with Crippen LogP contribution in [0.15, 0.2) is 41.3 Å². The minimum atomic E-state index is -0.274. The van der Waals surface area contributed by atoms with Crippen molar-refractivity contribution in [2.45, 2.75) is 84.5 Å². The summed E-state index contributed by atoms with van der Waals surface area (Å²) in [6, 6.07) is 10.5. The van der Waals surface area contributed by atoms with E-state index in [1.807, 2.05) is 6.07 Å². The lowest BCUT2D eigenvalue weighted by Crippen LogP contribution is -2.59. The first kappa shape index (κ1) is 23.2. The van der Waals surface area contributed by atoms with Gasteiger partial charge in [-0.1, -0.05) is 57.2 Å². The van der Waals surface area contributed by atoms with Crippen molar-refractivity contribution in [2.24, 2.45) is 34.0 Å². The maximum atomic E-state index is 13.9. The molecule has 4 aliphatic carbocycles. The van der Waals surface area contributed by atoms with Crippen molar-refractivity contribution in [1.29, 1.82) is 0 Å². The summed E-state index contributed by atoms with van der Waals surface area (Å²) < 4.78 is 5.80. The standard InChI is InChI=1S/C29H38O3S/c1-19(30)32-25-11-10-22-21-12-16-29(4)26(31)24(33-18-20-8-6-5-7-9-20)14-17-28(29,3)23(21)13-15-27(22,25)2/h5-9,14,21-23,25H,10-13,15-18H2,1-4H3/t21-,22-,23-,25?,27-,28+,29?/m0/s1. The monoisotopic (exact) mass is 466 g/mol. The van der Waals surface area contributed by atoms with Crippen molar-refractivity contribution >= 4 is 23.5 Å². The fourth-order valence-corrected chi connectivity index (χ4v) is 9.33. The summed E-state index contributed by atoms with van der Waals surface area (Å²) in [7, 11) is 0. The van der Waals surface area contributed by atoms with Crippen molar-refractivity contribution in [2.75, 3.05) is 0 Å². The quantitative estimate of drug-likeness (QED) is 0.450. The van der Waals surface area contributed by atoms with E-state index >= 15 is 0 Å². The number of benzene rings is 1. The van der Waals surface area contributed by atoms with Crippen LogP contribution in [-0.4, -0.2) is 17.9 Å². The molecular formula is C29H38O3S. The van der Waals surface area contributed by atoms with Gasteiger partial charge in [-0.3, -0.25) is 9.59 Å². The van der Waals surface area contributed by atoms with Gasteiger partial charge in [-0.05, 0) is 73.7 Å². The van der Waals surface area contributed by atoms with Gasteiger partial charge in [0.25, 0.3) is 0 Å². The summed E-state index contributed by atoms with van der Waals surface area (Å²) in [5, 5.41) is 0. The van der Waals surface area contributed by atoms with Crippen molar-refractivity contribution in [3.8, 4) is 0 Å². The first-order valence-electron chi connectivity index (χ1n) is 12.8. The van der Waals surface area contributed by atoms with E-state index in [1.165, 1.54) is 5.56 Å². The molecule has 4 heteroatoms. The van der Waals surface area contributed by atoms with Gasteiger partial charge in [0.15, 0.2) is 5.78 Å². The third kappa shape index (κ3) is 3.54. The fraction of sp³-hybridized carbons (Fsp3) is 0.655. The minimum absolute atomic E-state index is 0.0185. The molecule has 1 aromatic carbocycles. The number of fused-ring (bicyclic) bond motifs is 5. The summed E-state index contributed by atoms with van der Waals surface area (Å²) in [5.74, 6) is 2.92. The molecule has 33 heavy (non-hydrogen) atoms. The Balaban J connectivity index is 1.37. The lowest BCUT2D eigenvalue weighted by atomic mass is 9.41. The number of ketones is 1. The average molecular weight is 467 g/mol. The zero-order valence-electron chi connectivity index (χ0n) is 20.6. The van der Waals surface area contributed by atoms with Crippen LogP contribution in [0.5, 0.6) is 0 Å². The molecule has 0 aromatic heterocycles. The van der Waals surface area contributed by atoms with Crippen LogP contribution in [0.4, 0.5) is 0 Å². The SMILES string of the molecule is CC(=O)OC1CC[C@H]2[C@@H]3CCC4(C)C(=O)C(SCc5ccccc5)=CC[C@]4(C)[C@H]3CC[C@]12C. The van der Waals surface area contributed by atoms with Gasteiger partial charge in [0, 0.05) is 28.4 Å². The number of esters is 1. The molecule has 0 radical (unpaired) electrons. The summed E-state index contributed by atoms with van der Waals surface area (Å²) >= 11 is 1.72. The largest absolute Gasteiger partial charge is 0.462 e. The maximum absolute atomic E-state index is 13.9. The fourth-order valence-electron chi connectivity index (χ4n) is 8.26. The maximum Gasteiger partial charge on any atom is 0.302 e. The van der Waals surface area contributed by atoms with Crippen molar-refractivity contribution in [3.63, 3.8) is 0 Å². The Bertz CT molecular complexity index is 970. The molecule has 3 nitrogen and oxygen atoms in total. The number of hydrogen-bond acceptors (Lipinski definition) is 4. The molecule has 0 saturated heterocycles. The van der Waals surface area contributed by atoms with Gasteiger partial charge >= 0.3 is 5.97 Å². The normalized spacial score (nSPS) is 42.1. The topological polar surface area (TPSA) is 43.4 Å². The second-order valence-electron chi connectivity index (χ2n) is 11.8. The van der Waals surface area contributed by atoms with Gasteiger partial charge in [-0.25, -0.2) is 0 Å². The number of rotatable bonds is 4. The molecule has 0 aliphatic heterocycles. The van der Waals surface area contributed by atoms with E-state index in [-0.39, 0.29) is 28.3 Å². The number of allylic oxidation sites excluding steroid dienone is 2. The lowest BCUT2D eigenvalue weighted by molar-refractivity contribution is -0.170. The van der Waals surface area contributed by atoms with E-state index in [0.29, 0.717) is 23.5 Å². The number of hydrogen-bond donors (Lipinski definition) is 0. The summed E-state index contributed by atoms with van der Waals surface area (Å²) in [4.78, 5) is 26.6. The summed E-state index contributed by atoms with van der Waals surface area (Å²) in [6.45, 7) is 8.60. The molecule has 0 N–H and O–H groups in total. The Morgan fingerprint density at radius 3 is 2.52 bits per heavy atom. The number of carbonyl (C=O) groups is 2. The second kappa shape index (κ2) is 8.29. The van der Waals surface area contributed by atoms with E-state index in [2.05, 4.69) is 51.1 Å². The second-order valence-corrected chi connectivity index (χ2v) is 12.8. The van der Waals surface area contributed by atoms with Crippen LogP contribution in [0.3, 0.4) is 0 Å². The molecule has 1 aromatic rings. The number of thioether (sulfide) groups is 1. The third-order valence-electron chi connectivity index (χ3n) is 10.4. The molecule has 0 heterocycles. The Morgan fingerprint density at radius 1 is 1.03 bits per heavy atom. The highest BCUT2D eigenvalue weighted by Crippen LogP contribution is 2.69. The van der Waals surface area contributed by atoms with E-state index < -0.39 is 0 Å². The van der Waals surface area contributed by atoms with Crippen molar-refractivity contribution < 1.29 is 14.3 Å². The molecule has 2 unspecified atom stereocenters. The molecule has 0 amide bonds. The highest BCUT2D eigenvalue weighted by atomic mass is 32.2. The Morgan fingerprint density at radius 2 is 1.79 bits per heavy atom. The summed E-state index contributed by atoms with van der Waals surface area (Å²) in [6.07, 6.45) is 9.86. The molecule has 5 rings (SSSR count). The molecular weight excluding hydrogens is 428 g/mol. The smallest absolute Gasteiger partial charge is 0.302 e. The number of Topliss-reactive ketones (excluding diaryl/α,β-unsaturated/α-hetero) is 1. The predicted octanol–water partition coefficient (Wildman–Crippen LogP) is 6.96. The molecule has 7 atom stereocenters. The van der Waals surface area contributed by atoms with Crippen LogP contribution in [0.25, 0.3) is 0 Å². The van der Waals surface area contributed by atoms with Gasteiger partial charge in [-0.2, -0.15) is 0 Å². The summed E-state index contributed by atoms with van der Waals surface area (Å²) in [5.41, 5.74) is 1.12. The first-order valence-corrected chi connectivity index (χ1v) is 13.8. The van der Waals surface area contributed by atoms with Crippen LogP contribution in [0.2, 0.25) is 0 Å². The van der Waals surface area contributed by atoms with E-state index in [4.69, 9.17) is 4.74 Å². The lowest BCUT2D eigenvalue weighted by Gasteiger charge is -2.63. The molecule has 178 valence electrons. The number of carbonyl (C=O) groups excluding carboxylic acids is 2. The third-order valence-corrected chi connectivity index (χ3v) is 11.5. The number of ether oxygens (including phenoxy) is 1.